The molecule has 1 atom stereocenters. The molecule has 0 amide bonds. The zero-order valence-electron chi connectivity index (χ0n) is 12.0. The first-order valence-corrected chi connectivity index (χ1v) is 6.89. The topological polar surface area (TPSA) is 63.7 Å². The summed E-state index contributed by atoms with van der Waals surface area (Å²) in [6.07, 6.45) is 1.73. The minimum Gasteiger partial charge on any atom is -0.462 e. The van der Waals surface area contributed by atoms with Gasteiger partial charge in [-0.05, 0) is 26.1 Å². The number of hydrogen-bond donors (Lipinski definition) is 1. The van der Waals surface area contributed by atoms with E-state index in [-0.39, 0.29) is 12.1 Å². The predicted molar refractivity (Wildman–Crippen MR) is 76.1 cm³/mol. The van der Waals surface area contributed by atoms with Gasteiger partial charge in [0.05, 0.1) is 24.9 Å². The highest BCUT2D eigenvalue weighted by Gasteiger charge is 2.21. The largest absolute Gasteiger partial charge is 0.462 e. The summed E-state index contributed by atoms with van der Waals surface area (Å²) < 4.78 is 10.6. The van der Waals surface area contributed by atoms with Gasteiger partial charge in [0.1, 0.15) is 5.82 Å². The van der Waals surface area contributed by atoms with Crippen LogP contribution in [0.4, 0.5) is 5.82 Å². The van der Waals surface area contributed by atoms with Crippen molar-refractivity contribution in [2.24, 2.45) is 0 Å². The number of carbonyl (C=O) groups is 1. The number of esters is 1. The Bertz CT molecular complexity index is 434. The number of hydrogen-bond acceptors (Lipinski definition) is 6. The Morgan fingerprint density at radius 1 is 1.60 bits per heavy atom. The number of carbonyl (C=O) groups excluding carboxylic acids is 1. The summed E-state index contributed by atoms with van der Waals surface area (Å²) in [5, 5.41) is 3.11. The van der Waals surface area contributed by atoms with E-state index >= 15 is 0 Å². The fourth-order valence-electron chi connectivity index (χ4n) is 2.19. The van der Waals surface area contributed by atoms with E-state index in [4.69, 9.17) is 9.47 Å². The van der Waals surface area contributed by atoms with Gasteiger partial charge in [-0.2, -0.15) is 0 Å². The molecule has 6 heteroatoms. The molecule has 0 spiro atoms. The van der Waals surface area contributed by atoms with Gasteiger partial charge in [0.25, 0.3) is 0 Å². The number of nitrogens with one attached hydrogen (secondary N) is 1. The van der Waals surface area contributed by atoms with Gasteiger partial charge in [-0.1, -0.05) is 0 Å². The second-order valence-corrected chi connectivity index (χ2v) is 4.62. The summed E-state index contributed by atoms with van der Waals surface area (Å²) in [6, 6.07) is 3.61. The zero-order valence-corrected chi connectivity index (χ0v) is 12.0. The predicted octanol–water partition coefficient (Wildman–Crippen LogP) is 0.683. The Morgan fingerprint density at radius 3 is 3.10 bits per heavy atom. The number of rotatable bonds is 5. The summed E-state index contributed by atoms with van der Waals surface area (Å²) >= 11 is 0. The van der Waals surface area contributed by atoms with Gasteiger partial charge in [0.2, 0.25) is 0 Å². The van der Waals surface area contributed by atoms with E-state index in [0.717, 1.165) is 25.5 Å². The second-order valence-electron chi connectivity index (χ2n) is 4.62. The Labute approximate surface area is 119 Å². The molecule has 1 N–H and O–H groups in total. The third-order valence-corrected chi connectivity index (χ3v) is 3.15. The molecule has 1 fully saturated rings. The Kier molecular flexibility index (Phi) is 5.31. The average Bonchev–Trinajstić information content (AvgIpc) is 2.48. The lowest BCUT2D eigenvalue weighted by Crippen LogP contribution is -2.46. The van der Waals surface area contributed by atoms with Crippen molar-refractivity contribution in [3.05, 3.63) is 23.9 Å². The van der Waals surface area contributed by atoms with E-state index in [9.17, 15) is 4.79 Å². The van der Waals surface area contributed by atoms with Crippen molar-refractivity contribution < 1.29 is 14.3 Å². The molecule has 6 nitrogen and oxygen atoms in total. The molecule has 1 saturated heterocycles. The molecule has 0 aromatic carbocycles. The maximum Gasteiger partial charge on any atom is 0.339 e. The van der Waals surface area contributed by atoms with Crippen molar-refractivity contribution >= 4 is 11.8 Å². The first-order chi connectivity index (χ1) is 9.74. The number of nitrogens with zero attached hydrogens (tertiary/aromatic N) is 2. The second kappa shape index (κ2) is 7.21. The summed E-state index contributed by atoms with van der Waals surface area (Å²) in [4.78, 5) is 18.1. The highest BCUT2D eigenvalue weighted by Crippen LogP contribution is 2.15. The number of morpholine rings is 1. The molecule has 1 unspecified atom stereocenters. The molecule has 1 aliphatic rings. The van der Waals surface area contributed by atoms with E-state index in [0.29, 0.717) is 18.8 Å². The summed E-state index contributed by atoms with van der Waals surface area (Å²) in [6.45, 7) is 5.27. The standard InChI is InChI=1S/C14H21N3O3/c1-3-19-14(18)11-4-5-13(16-8-11)17-6-7-20-12(10-17)9-15-2/h4-5,8,12,15H,3,6-7,9-10H2,1-2H3. The van der Waals surface area contributed by atoms with Crippen molar-refractivity contribution in [2.45, 2.75) is 13.0 Å². The Hall–Kier alpha value is -1.66. The first kappa shape index (κ1) is 14.7. The quantitative estimate of drug-likeness (QED) is 0.800. The van der Waals surface area contributed by atoms with Crippen molar-refractivity contribution in [3.63, 3.8) is 0 Å². The van der Waals surface area contributed by atoms with Crippen molar-refractivity contribution in [3.8, 4) is 0 Å². The zero-order chi connectivity index (χ0) is 14.4. The van der Waals surface area contributed by atoms with Gasteiger partial charge in [0.15, 0.2) is 0 Å². The molecule has 0 saturated carbocycles. The van der Waals surface area contributed by atoms with Crippen LogP contribution < -0.4 is 10.2 Å². The van der Waals surface area contributed by atoms with Crippen molar-refractivity contribution in [1.29, 1.82) is 0 Å². The normalized spacial score (nSPS) is 18.9. The van der Waals surface area contributed by atoms with Crippen LogP contribution in [0.5, 0.6) is 0 Å². The highest BCUT2D eigenvalue weighted by molar-refractivity contribution is 5.89. The van der Waals surface area contributed by atoms with E-state index < -0.39 is 0 Å². The fraction of sp³-hybridized carbons (Fsp3) is 0.571. The van der Waals surface area contributed by atoms with Crippen LogP contribution in [0.1, 0.15) is 17.3 Å². The maximum atomic E-state index is 11.6. The molecule has 1 aromatic rings. The van der Waals surface area contributed by atoms with Crippen LogP contribution in [0.2, 0.25) is 0 Å². The lowest BCUT2D eigenvalue weighted by molar-refractivity contribution is 0.0418. The number of ether oxygens (including phenoxy) is 2. The molecule has 0 bridgehead atoms. The van der Waals surface area contributed by atoms with E-state index in [1.165, 1.54) is 0 Å². The summed E-state index contributed by atoms with van der Waals surface area (Å²) in [5.74, 6) is 0.532. The fourth-order valence-corrected chi connectivity index (χ4v) is 2.19. The SMILES string of the molecule is CCOC(=O)c1ccc(N2CCOC(CNC)C2)nc1. The third kappa shape index (κ3) is 3.68. The van der Waals surface area contributed by atoms with Gasteiger partial charge in [0, 0.05) is 25.8 Å². The molecule has 2 heterocycles. The van der Waals surface area contributed by atoms with Crippen LogP contribution >= 0.6 is 0 Å². The van der Waals surface area contributed by atoms with E-state index in [2.05, 4.69) is 15.2 Å². The number of aromatic nitrogens is 1. The van der Waals surface area contributed by atoms with Gasteiger partial charge < -0.3 is 19.7 Å². The van der Waals surface area contributed by atoms with Gasteiger partial charge >= 0.3 is 5.97 Å². The minimum absolute atomic E-state index is 0.167. The first-order valence-electron chi connectivity index (χ1n) is 6.89. The van der Waals surface area contributed by atoms with Gasteiger partial charge in [-0.25, -0.2) is 9.78 Å². The minimum atomic E-state index is -0.332. The van der Waals surface area contributed by atoms with Gasteiger partial charge in [-0.15, -0.1) is 0 Å². The molecular formula is C14H21N3O3. The molecule has 20 heavy (non-hydrogen) atoms. The summed E-state index contributed by atoms with van der Waals surface area (Å²) in [5.41, 5.74) is 0.482. The van der Waals surface area contributed by atoms with Gasteiger partial charge in [-0.3, -0.25) is 0 Å². The molecule has 110 valence electrons. The molecule has 0 aliphatic carbocycles. The molecule has 2 rings (SSSR count). The lowest BCUT2D eigenvalue weighted by atomic mass is 10.2. The Balaban J connectivity index is 2.00. The average molecular weight is 279 g/mol. The molecule has 1 aromatic heterocycles. The van der Waals surface area contributed by atoms with E-state index in [1.54, 1.807) is 19.2 Å². The van der Waals surface area contributed by atoms with Crippen LogP contribution in [0.15, 0.2) is 18.3 Å². The Morgan fingerprint density at radius 2 is 2.45 bits per heavy atom. The third-order valence-electron chi connectivity index (χ3n) is 3.15. The van der Waals surface area contributed by atoms with E-state index in [1.807, 2.05) is 13.1 Å². The maximum absolute atomic E-state index is 11.6. The van der Waals surface area contributed by atoms with Crippen LogP contribution in [0.3, 0.4) is 0 Å². The molecule has 1 aliphatic heterocycles. The van der Waals surface area contributed by atoms with Crippen LogP contribution in [0.25, 0.3) is 0 Å². The summed E-state index contributed by atoms with van der Waals surface area (Å²) in [7, 11) is 1.91. The number of likely N-dealkylation sites (N-methyl/N-ethyl adjacent to an activating group) is 1. The smallest absolute Gasteiger partial charge is 0.339 e. The van der Waals surface area contributed by atoms with Crippen LogP contribution in [-0.4, -0.2) is 57.0 Å². The molecular weight excluding hydrogens is 258 g/mol. The highest BCUT2D eigenvalue weighted by atomic mass is 16.5. The van der Waals surface area contributed by atoms with Crippen molar-refractivity contribution in [1.82, 2.24) is 10.3 Å². The molecule has 0 radical (unpaired) electrons. The van der Waals surface area contributed by atoms with Crippen molar-refractivity contribution in [2.75, 3.05) is 44.8 Å². The van der Waals surface area contributed by atoms with Crippen LogP contribution in [0, 0.1) is 0 Å². The monoisotopic (exact) mass is 279 g/mol. The lowest BCUT2D eigenvalue weighted by Gasteiger charge is -2.33. The number of anilines is 1. The van der Waals surface area contributed by atoms with Crippen LogP contribution in [-0.2, 0) is 9.47 Å². The number of pyridine rings is 1.